The summed E-state index contributed by atoms with van der Waals surface area (Å²) in [4.78, 5) is 5.06. The molecule has 0 bridgehead atoms. The van der Waals surface area contributed by atoms with Gasteiger partial charge in [0, 0.05) is 29.4 Å². The Labute approximate surface area is 117 Å². The van der Waals surface area contributed by atoms with Crippen molar-refractivity contribution < 1.29 is 5.11 Å². The Morgan fingerprint density at radius 2 is 2.06 bits per heavy atom. The van der Waals surface area contributed by atoms with E-state index in [0.29, 0.717) is 0 Å². The zero-order valence-corrected chi connectivity index (χ0v) is 12.4. The average Bonchev–Trinajstić information content (AvgIpc) is 2.91. The molecule has 1 N–H and O–H groups in total. The van der Waals surface area contributed by atoms with Crippen LogP contribution in [0.15, 0.2) is 29.0 Å². The Balaban J connectivity index is 2.03. The second-order valence-corrected chi connectivity index (χ2v) is 6.66. The minimum atomic E-state index is -0.287. The van der Waals surface area contributed by atoms with Gasteiger partial charge in [-0.1, -0.05) is 6.07 Å². The molecule has 2 aromatic rings. The Bertz CT molecular complexity index is 462. The quantitative estimate of drug-likeness (QED) is 0.876. The topological polar surface area (TPSA) is 23.5 Å². The molecule has 0 saturated heterocycles. The zero-order chi connectivity index (χ0) is 13.0. The lowest BCUT2D eigenvalue weighted by atomic mass is 10.2. The van der Waals surface area contributed by atoms with Crippen LogP contribution in [0.1, 0.15) is 22.2 Å². The number of aryl methyl sites for hydroxylation is 1. The van der Waals surface area contributed by atoms with Gasteiger partial charge in [-0.2, -0.15) is 0 Å². The highest BCUT2D eigenvalue weighted by atomic mass is 32.1. The maximum atomic E-state index is 9.61. The predicted molar refractivity (Wildman–Crippen MR) is 79.2 cm³/mol. The molecule has 0 amide bonds. The smallest absolute Gasteiger partial charge is 0.0639 e. The average molecular weight is 281 g/mol. The van der Waals surface area contributed by atoms with Gasteiger partial charge in [-0.05, 0) is 42.3 Å². The number of aliphatic hydroxyl groups is 1. The normalized spacial score (nSPS) is 13.1. The molecule has 0 aliphatic rings. The summed E-state index contributed by atoms with van der Waals surface area (Å²) in [6, 6.07) is 6.39. The molecule has 0 fully saturated rings. The van der Waals surface area contributed by atoms with Gasteiger partial charge in [0.25, 0.3) is 0 Å². The van der Waals surface area contributed by atoms with E-state index in [9.17, 15) is 5.11 Å². The summed E-state index contributed by atoms with van der Waals surface area (Å²) in [6.45, 7) is 6.56. The summed E-state index contributed by atoms with van der Waals surface area (Å²) in [5, 5.41) is 13.9. The molecule has 2 rings (SSSR count). The van der Waals surface area contributed by atoms with Crippen molar-refractivity contribution in [3.8, 4) is 0 Å². The fourth-order valence-corrected chi connectivity index (χ4v) is 3.64. The summed E-state index contributed by atoms with van der Waals surface area (Å²) in [5.74, 6) is 0. The number of hydrogen-bond acceptors (Lipinski definition) is 4. The molecule has 2 nitrogen and oxygen atoms in total. The first-order valence-corrected chi connectivity index (χ1v) is 7.87. The van der Waals surface area contributed by atoms with Crippen molar-refractivity contribution in [2.75, 3.05) is 6.54 Å². The Hall–Kier alpha value is -0.680. The molecule has 4 heteroatoms. The van der Waals surface area contributed by atoms with E-state index >= 15 is 0 Å². The van der Waals surface area contributed by atoms with Crippen LogP contribution in [0.2, 0.25) is 0 Å². The molecule has 0 aromatic carbocycles. The van der Waals surface area contributed by atoms with Crippen LogP contribution in [-0.2, 0) is 13.1 Å². The van der Waals surface area contributed by atoms with Crippen molar-refractivity contribution in [3.63, 3.8) is 0 Å². The molecule has 0 spiro atoms. The molecular weight excluding hydrogens is 262 g/mol. The number of nitrogens with zero attached hydrogens (tertiary/aromatic N) is 1. The fourth-order valence-electron chi connectivity index (χ4n) is 1.95. The number of hydrogen-bond donors (Lipinski definition) is 1. The van der Waals surface area contributed by atoms with Gasteiger partial charge in [0.05, 0.1) is 6.10 Å². The minimum Gasteiger partial charge on any atom is -0.392 e. The first-order valence-electron chi connectivity index (χ1n) is 6.11. The van der Waals surface area contributed by atoms with Crippen LogP contribution in [0.25, 0.3) is 0 Å². The van der Waals surface area contributed by atoms with Crippen molar-refractivity contribution in [2.24, 2.45) is 0 Å². The summed E-state index contributed by atoms with van der Waals surface area (Å²) >= 11 is 3.57. The van der Waals surface area contributed by atoms with Gasteiger partial charge in [-0.3, -0.25) is 4.90 Å². The molecule has 1 atom stereocenters. The summed E-state index contributed by atoms with van der Waals surface area (Å²) < 4.78 is 0. The van der Waals surface area contributed by atoms with E-state index in [4.69, 9.17) is 0 Å². The third-order valence-corrected chi connectivity index (χ3v) is 4.69. The van der Waals surface area contributed by atoms with Crippen LogP contribution in [0.3, 0.4) is 0 Å². The predicted octanol–water partition coefficient (Wildman–Crippen LogP) is 3.50. The van der Waals surface area contributed by atoms with Gasteiger partial charge < -0.3 is 5.11 Å². The molecule has 2 aromatic heterocycles. The van der Waals surface area contributed by atoms with Crippen LogP contribution in [0, 0.1) is 6.92 Å². The lowest BCUT2D eigenvalue weighted by molar-refractivity contribution is 0.119. The maximum Gasteiger partial charge on any atom is 0.0639 e. The van der Waals surface area contributed by atoms with Crippen LogP contribution < -0.4 is 0 Å². The van der Waals surface area contributed by atoms with Crippen molar-refractivity contribution >= 4 is 22.7 Å². The van der Waals surface area contributed by atoms with Gasteiger partial charge in [-0.15, -0.1) is 22.7 Å². The Morgan fingerprint density at radius 3 is 2.61 bits per heavy atom. The summed E-state index contributed by atoms with van der Waals surface area (Å²) in [7, 11) is 0. The van der Waals surface area contributed by atoms with Gasteiger partial charge in [0.1, 0.15) is 0 Å². The van der Waals surface area contributed by atoms with E-state index in [1.165, 1.54) is 15.3 Å². The van der Waals surface area contributed by atoms with Gasteiger partial charge in [0.2, 0.25) is 0 Å². The molecule has 0 unspecified atom stereocenters. The molecule has 0 radical (unpaired) electrons. The second kappa shape index (κ2) is 6.48. The molecule has 18 heavy (non-hydrogen) atoms. The molecule has 0 aliphatic carbocycles. The van der Waals surface area contributed by atoms with E-state index < -0.39 is 0 Å². The van der Waals surface area contributed by atoms with E-state index in [2.05, 4.69) is 40.8 Å². The monoisotopic (exact) mass is 281 g/mol. The third-order valence-electron chi connectivity index (χ3n) is 2.82. The van der Waals surface area contributed by atoms with Gasteiger partial charge >= 0.3 is 0 Å². The first kappa shape index (κ1) is 13.7. The minimum absolute atomic E-state index is 0.287. The van der Waals surface area contributed by atoms with Gasteiger partial charge in [0.15, 0.2) is 0 Å². The molecular formula is C14H19NOS2. The largest absolute Gasteiger partial charge is 0.392 e. The Morgan fingerprint density at radius 1 is 1.22 bits per heavy atom. The zero-order valence-electron chi connectivity index (χ0n) is 10.8. The SMILES string of the molecule is Cc1ccsc1CN(Cc1cccs1)C[C@@H](C)O. The van der Waals surface area contributed by atoms with Crippen LogP contribution in [-0.4, -0.2) is 22.7 Å². The summed E-state index contributed by atoms with van der Waals surface area (Å²) in [5.41, 5.74) is 1.35. The van der Waals surface area contributed by atoms with E-state index in [0.717, 1.165) is 19.6 Å². The first-order chi connectivity index (χ1) is 8.65. The molecule has 98 valence electrons. The highest BCUT2D eigenvalue weighted by Gasteiger charge is 2.12. The van der Waals surface area contributed by atoms with Crippen molar-refractivity contribution in [3.05, 3.63) is 44.3 Å². The standard InChI is InChI=1S/C14H19NOS2/c1-11-5-7-18-14(11)10-15(8-12(2)16)9-13-4-3-6-17-13/h3-7,12,16H,8-10H2,1-2H3/t12-/m1/s1. The number of rotatable bonds is 6. The van der Waals surface area contributed by atoms with E-state index in [-0.39, 0.29) is 6.10 Å². The lowest BCUT2D eigenvalue weighted by Crippen LogP contribution is -2.29. The second-order valence-electron chi connectivity index (χ2n) is 4.62. The molecule has 2 heterocycles. The maximum absolute atomic E-state index is 9.61. The van der Waals surface area contributed by atoms with E-state index in [1.807, 2.05) is 6.92 Å². The number of thiophene rings is 2. The van der Waals surface area contributed by atoms with Crippen LogP contribution in [0.5, 0.6) is 0 Å². The van der Waals surface area contributed by atoms with Crippen LogP contribution >= 0.6 is 22.7 Å². The van der Waals surface area contributed by atoms with E-state index in [1.54, 1.807) is 22.7 Å². The van der Waals surface area contributed by atoms with Gasteiger partial charge in [-0.25, -0.2) is 0 Å². The highest BCUT2D eigenvalue weighted by molar-refractivity contribution is 7.10. The fraction of sp³-hybridized carbons (Fsp3) is 0.429. The molecule has 0 saturated carbocycles. The Kier molecular flexibility index (Phi) is 4.95. The number of aliphatic hydroxyl groups excluding tert-OH is 1. The van der Waals surface area contributed by atoms with Crippen molar-refractivity contribution in [1.82, 2.24) is 4.90 Å². The van der Waals surface area contributed by atoms with Crippen LogP contribution in [0.4, 0.5) is 0 Å². The summed E-state index contributed by atoms with van der Waals surface area (Å²) in [6.07, 6.45) is -0.287. The third kappa shape index (κ3) is 3.92. The van der Waals surface area contributed by atoms with Crippen molar-refractivity contribution in [2.45, 2.75) is 33.0 Å². The highest BCUT2D eigenvalue weighted by Crippen LogP contribution is 2.20. The molecule has 0 aliphatic heterocycles. The lowest BCUT2D eigenvalue weighted by Gasteiger charge is -2.23. The van der Waals surface area contributed by atoms with Crippen molar-refractivity contribution in [1.29, 1.82) is 0 Å².